The second-order valence-electron chi connectivity index (χ2n) is 10.3. The van der Waals surface area contributed by atoms with Crippen LogP contribution in [0.1, 0.15) is 31.2 Å². The van der Waals surface area contributed by atoms with Crippen LogP contribution in [-0.4, -0.2) is 36.4 Å². The van der Waals surface area contributed by atoms with Crippen molar-refractivity contribution in [2.75, 3.05) is 17.0 Å². The lowest BCUT2D eigenvalue weighted by atomic mass is 9.64. The minimum absolute atomic E-state index is 0.0764. The van der Waals surface area contributed by atoms with Crippen LogP contribution in [0.5, 0.6) is 11.5 Å². The lowest BCUT2D eigenvalue weighted by Crippen LogP contribution is -2.51. The molecule has 1 saturated heterocycles. The third-order valence-electron chi connectivity index (χ3n) is 8.51. The van der Waals surface area contributed by atoms with Crippen LogP contribution in [0.15, 0.2) is 90.3 Å². The van der Waals surface area contributed by atoms with Crippen molar-refractivity contribution in [1.29, 1.82) is 0 Å². The Morgan fingerprint density at radius 3 is 2.62 bits per heavy atom. The van der Waals surface area contributed by atoms with Gasteiger partial charge in [0.05, 0.1) is 16.8 Å². The number of nitrogens with zero attached hydrogens (tertiary/aromatic N) is 1. The van der Waals surface area contributed by atoms with Crippen molar-refractivity contribution in [2.24, 2.45) is 5.92 Å². The Hall–Kier alpha value is -4.69. The smallest absolute Gasteiger partial charge is 0.238 e. The van der Waals surface area contributed by atoms with Gasteiger partial charge < -0.3 is 19.7 Å². The second-order valence-corrected chi connectivity index (χ2v) is 11.3. The third kappa shape index (κ3) is 2.96. The summed E-state index contributed by atoms with van der Waals surface area (Å²) >= 11 is 1.34. The summed E-state index contributed by atoms with van der Waals surface area (Å²) in [6.45, 7) is 0.0764. The lowest BCUT2D eigenvalue weighted by molar-refractivity contribution is -0.121. The molecule has 5 heterocycles. The summed E-state index contributed by atoms with van der Waals surface area (Å²) in [4.78, 5) is 46.2. The molecule has 0 unspecified atom stereocenters. The first-order chi connectivity index (χ1) is 19.6. The minimum Gasteiger partial charge on any atom is -0.454 e. The van der Waals surface area contributed by atoms with Gasteiger partial charge in [0, 0.05) is 16.9 Å². The van der Waals surface area contributed by atoms with Gasteiger partial charge in [-0.3, -0.25) is 14.4 Å². The number of ether oxygens (including phenoxy) is 2. The van der Waals surface area contributed by atoms with Crippen molar-refractivity contribution < 1.29 is 23.9 Å². The maximum absolute atomic E-state index is 14.8. The fourth-order valence-electron chi connectivity index (χ4n) is 6.91. The zero-order chi connectivity index (χ0) is 27.0. The molecule has 4 aliphatic heterocycles. The highest BCUT2D eigenvalue weighted by atomic mass is 32.1. The molecule has 0 aliphatic carbocycles. The number of benzene rings is 3. The van der Waals surface area contributed by atoms with E-state index in [1.54, 1.807) is 24.3 Å². The molecule has 1 N–H and O–H groups in total. The Morgan fingerprint density at radius 1 is 0.925 bits per heavy atom. The molecule has 4 atom stereocenters. The Balaban J connectivity index is 1.41. The summed E-state index contributed by atoms with van der Waals surface area (Å²) in [5, 5.41) is 4.91. The number of hydrogen-bond acceptors (Lipinski definition) is 7. The number of hydrogen-bond donors (Lipinski definition) is 1. The van der Waals surface area contributed by atoms with Crippen LogP contribution in [0.4, 0.5) is 11.4 Å². The van der Waals surface area contributed by atoms with Crippen LogP contribution in [0.3, 0.4) is 0 Å². The van der Waals surface area contributed by atoms with Gasteiger partial charge in [-0.15, -0.1) is 11.3 Å². The molecule has 8 heteroatoms. The van der Waals surface area contributed by atoms with E-state index in [-0.39, 0.29) is 24.3 Å². The lowest BCUT2D eigenvalue weighted by Gasteiger charge is -2.37. The first-order valence-electron chi connectivity index (χ1n) is 13.1. The summed E-state index contributed by atoms with van der Waals surface area (Å²) < 4.78 is 11.1. The van der Waals surface area contributed by atoms with Crippen LogP contribution >= 0.6 is 11.3 Å². The topological polar surface area (TPSA) is 84.9 Å². The van der Waals surface area contributed by atoms with E-state index in [0.29, 0.717) is 27.6 Å². The number of carbonyl (C=O) groups is 3. The molecule has 0 radical (unpaired) electrons. The van der Waals surface area contributed by atoms with Crippen molar-refractivity contribution in [1.82, 2.24) is 0 Å². The van der Waals surface area contributed by atoms with Crippen molar-refractivity contribution >= 4 is 46.3 Å². The number of para-hydroxylation sites is 2. The number of Topliss-reactive ketones (excluding diaryl/α,β-unsaturated/α-hetero) is 2. The van der Waals surface area contributed by atoms with E-state index in [1.165, 1.54) is 11.3 Å². The van der Waals surface area contributed by atoms with Crippen molar-refractivity contribution in [3.05, 3.63) is 112 Å². The number of ketones is 2. The van der Waals surface area contributed by atoms with Gasteiger partial charge in [-0.2, -0.15) is 0 Å². The Morgan fingerprint density at radius 2 is 1.75 bits per heavy atom. The highest BCUT2D eigenvalue weighted by Gasteiger charge is 2.70. The van der Waals surface area contributed by atoms with Gasteiger partial charge in [0.1, 0.15) is 11.5 Å². The molecule has 1 spiro atoms. The maximum Gasteiger partial charge on any atom is 0.238 e. The molecule has 4 aromatic rings. The van der Waals surface area contributed by atoms with Crippen molar-refractivity contribution in [2.45, 2.75) is 17.5 Å². The molecule has 3 aromatic carbocycles. The van der Waals surface area contributed by atoms with Gasteiger partial charge >= 0.3 is 0 Å². The number of fused-ring (bicyclic) bond motifs is 7. The molecule has 7 nitrogen and oxygen atoms in total. The first-order valence-corrected chi connectivity index (χ1v) is 13.9. The van der Waals surface area contributed by atoms with E-state index in [2.05, 4.69) is 5.32 Å². The minimum atomic E-state index is -1.34. The summed E-state index contributed by atoms with van der Waals surface area (Å²) in [5.41, 5.74) is 2.16. The number of anilines is 2. The van der Waals surface area contributed by atoms with Crippen LogP contribution in [0, 0.1) is 5.92 Å². The maximum atomic E-state index is 14.8. The predicted octanol–water partition coefficient (Wildman–Crippen LogP) is 5.33. The van der Waals surface area contributed by atoms with Gasteiger partial charge in [-0.1, -0.05) is 54.6 Å². The van der Waals surface area contributed by atoms with Crippen LogP contribution in [0.25, 0.3) is 6.08 Å². The standard InChI is InChI=1S/C32H22N2O5S/c35-29(19-11-13-23-24(16-19)39-17-38-23)27-28(30(36)25-10-5-15-40-25)34-22-9-4-1-6-18(22)12-14-26(34)32(27)20-7-2-3-8-21(20)33-31(32)37/h1-16,26-28H,17H2,(H,33,37)/t26-,27-,28+,32-/m1/s1. The average Bonchev–Trinajstić information content (AvgIpc) is 3.78. The molecular formula is C32H22N2O5S. The van der Waals surface area contributed by atoms with Crippen molar-refractivity contribution in [3.63, 3.8) is 0 Å². The van der Waals surface area contributed by atoms with E-state index in [1.807, 2.05) is 77.0 Å². The summed E-state index contributed by atoms with van der Waals surface area (Å²) in [7, 11) is 0. The van der Waals surface area contributed by atoms with E-state index in [9.17, 15) is 14.4 Å². The van der Waals surface area contributed by atoms with E-state index in [0.717, 1.165) is 16.8 Å². The molecule has 1 fully saturated rings. The molecule has 1 amide bonds. The Kier molecular flexibility index (Phi) is 4.88. The zero-order valence-electron chi connectivity index (χ0n) is 21.1. The monoisotopic (exact) mass is 546 g/mol. The predicted molar refractivity (Wildman–Crippen MR) is 151 cm³/mol. The SMILES string of the molecule is O=C(c1cccs1)[C@@H]1[C@H](C(=O)c2ccc3c(c2)OCO3)[C@]2(C(=O)Nc3ccccc32)[C@H]2C=Cc3ccccc3N12. The van der Waals surface area contributed by atoms with Gasteiger partial charge in [0.25, 0.3) is 0 Å². The Labute approximate surface area is 233 Å². The number of carbonyl (C=O) groups excluding carboxylic acids is 3. The van der Waals surface area contributed by atoms with Crippen LogP contribution in [0.2, 0.25) is 0 Å². The number of nitrogens with one attached hydrogen (secondary N) is 1. The molecule has 0 bridgehead atoms. The van der Waals surface area contributed by atoms with Crippen LogP contribution < -0.4 is 19.7 Å². The van der Waals surface area contributed by atoms with Gasteiger partial charge in [-0.05, 0) is 52.9 Å². The fraction of sp³-hybridized carbons (Fsp3) is 0.156. The first kappa shape index (κ1) is 23.2. The van der Waals surface area contributed by atoms with E-state index < -0.39 is 23.4 Å². The molecule has 0 saturated carbocycles. The molecule has 196 valence electrons. The zero-order valence-corrected chi connectivity index (χ0v) is 21.9. The van der Waals surface area contributed by atoms with Gasteiger partial charge in [0.2, 0.25) is 12.7 Å². The number of amides is 1. The summed E-state index contributed by atoms with van der Waals surface area (Å²) in [5.74, 6) is -0.751. The summed E-state index contributed by atoms with van der Waals surface area (Å²) in [6.07, 6.45) is 3.97. The molecular weight excluding hydrogens is 524 g/mol. The fourth-order valence-corrected chi connectivity index (χ4v) is 7.61. The number of thiophene rings is 1. The quantitative estimate of drug-likeness (QED) is 0.348. The Bertz CT molecular complexity index is 1760. The number of rotatable bonds is 4. The molecule has 1 aromatic heterocycles. The summed E-state index contributed by atoms with van der Waals surface area (Å²) in [6, 6.07) is 22.5. The average molecular weight is 547 g/mol. The van der Waals surface area contributed by atoms with Crippen LogP contribution in [-0.2, 0) is 10.2 Å². The third-order valence-corrected chi connectivity index (χ3v) is 9.40. The van der Waals surface area contributed by atoms with Gasteiger partial charge in [-0.25, -0.2) is 0 Å². The van der Waals surface area contributed by atoms with E-state index >= 15 is 0 Å². The second kappa shape index (κ2) is 8.40. The highest BCUT2D eigenvalue weighted by Crippen LogP contribution is 2.58. The van der Waals surface area contributed by atoms with E-state index in [4.69, 9.17) is 9.47 Å². The van der Waals surface area contributed by atoms with Gasteiger partial charge in [0.15, 0.2) is 23.1 Å². The van der Waals surface area contributed by atoms with Crippen molar-refractivity contribution in [3.8, 4) is 11.5 Å². The molecule has 40 heavy (non-hydrogen) atoms. The highest BCUT2D eigenvalue weighted by molar-refractivity contribution is 7.12. The largest absolute Gasteiger partial charge is 0.454 e. The molecule has 8 rings (SSSR count). The molecule has 4 aliphatic rings. The normalized spacial score (nSPS) is 24.9.